The number of aryl methyl sites for hydroxylation is 1. The highest BCUT2D eigenvalue weighted by Crippen LogP contribution is 2.24. The van der Waals surface area contributed by atoms with Crippen LogP contribution >= 0.6 is 15.9 Å². The summed E-state index contributed by atoms with van der Waals surface area (Å²) in [4.78, 5) is 15.5. The van der Waals surface area contributed by atoms with Gasteiger partial charge in [0.05, 0.1) is 5.69 Å². The minimum Gasteiger partial charge on any atom is -0.297 e. The highest BCUT2D eigenvalue weighted by atomic mass is 79.9. The number of rotatable bonds is 1. The molecule has 0 radical (unpaired) electrons. The predicted octanol–water partition coefficient (Wildman–Crippen LogP) is 3.37. The number of halogens is 1. The first-order chi connectivity index (χ1) is 8.20. The summed E-state index contributed by atoms with van der Waals surface area (Å²) in [6.07, 6.45) is 2.73. The van der Waals surface area contributed by atoms with Gasteiger partial charge in [-0.15, -0.1) is 0 Å². The molecule has 17 heavy (non-hydrogen) atoms. The van der Waals surface area contributed by atoms with Crippen LogP contribution in [-0.4, -0.2) is 15.7 Å². The van der Waals surface area contributed by atoms with Crippen LogP contribution in [0.3, 0.4) is 0 Å². The molecular formula is C13H9BrN2O. The van der Waals surface area contributed by atoms with Gasteiger partial charge < -0.3 is 0 Å². The minimum atomic E-state index is 0.616. The summed E-state index contributed by atoms with van der Waals surface area (Å²) in [6, 6.07) is 8.02. The molecule has 2 aromatic heterocycles. The number of aromatic nitrogens is 2. The molecule has 0 bridgehead atoms. The molecule has 0 N–H and O–H groups in total. The van der Waals surface area contributed by atoms with E-state index in [1.807, 2.05) is 41.8 Å². The Kier molecular flexibility index (Phi) is 2.26. The Morgan fingerprint density at radius 3 is 2.94 bits per heavy atom. The summed E-state index contributed by atoms with van der Waals surface area (Å²) < 4.78 is 2.87. The minimum absolute atomic E-state index is 0.616. The number of hydrogen-bond acceptors (Lipinski definition) is 2. The number of carbonyl (C=O) groups excluding carboxylic acids is 1. The van der Waals surface area contributed by atoms with E-state index in [4.69, 9.17) is 0 Å². The van der Waals surface area contributed by atoms with Gasteiger partial charge in [0.1, 0.15) is 11.3 Å². The van der Waals surface area contributed by atoms with Crippen LogP contribution in [-0.2, 0) is 0 Å². The van der Waals surface area contributed by atoms with Gasteiger partial charge in [0.15, 0.2) is 6.29 Å². The van der Waals surface area contributed by atoms with Gasteiger partial charge in [-0.05, 0) is 36.6 Å². The summed E-state index contributed by atoms with van der Waals surface area (Å²) in [5, 5.41) is 2.15. The predicted molar refractivity (Wildman–Crippen MR) is 70.5 cm³/mol. The number of aldehydes is 1. The van der Waals surface area contributed by atoms with Gasteiger partial charge in [0, 0.05) is 16.1 Å². The fraction of sp³-hybridized carbons (Fsp3) is 0.0769. The van der Waals surface area contributed by atoms with Crippen molar-refractivity contribution in [3.8, 4) is 0 Å². The van der Waals surface area contributed by atoms with E-state index in [1.165, 1.54) is 0 Å². The number of hydrogen-bond donors (Lipinski definition) is 0. The molecule has 0 fully saturated rings. The molecule has 0 unspecified atom stereocenters. The third-order valence-corrected chi connectivity index (χ3v) is 3.39. The lowest BCUT2D eigenvalue weighted by Crippen LogP contribution is -1.92. The van der Waals surface area contributed by atoms with Crippen molar-refractivity contribution in [2.24, 2.45) is 0 Å². The molecule has 3 nitrogen and oxygen atoms in total. The Bertz CT molecular complexity index is 746. The Hall–Kier alpha value is -1.68. The summed E-state index contributed by atoms with van der Waals surface area (Å²) in [6.45, 7) is 1.85. The normalized spacial score (nSPS) is 11.2. The van der Waals surface area contributed by atoms with Crippen LogP contribution in [0.4, 0.5) is 0 Å². The van der Waals surface area contributed by atoms with E-state index in [-0.39, 0.29) is 0 Å². The SMILES string of the molecule is Cc1nc2c3ccc(Br)cc3ccn2c1C=O. The van der Waals surface area contributed by atoms with Gasteiger partial charge in [-0.25, -0.2) is 4.98 Å². The molecule has 2 heterocycles. The molecule has 0 amide bonds. The zero-order valence-electron chi connectivity index (χ0n) is 9.14. The van der Waals surface area contributed by atoms with Gasteiger partial charge in [-0.2, -0.15) is 0 Å². The van der Waals surface area contributed by atoms with Crippen LogP contribution in [0, 0.1) is 6.92 Å². The summed E-state index contributed by atoms with van der Waals surface area (Å²) >= 11 is 3.45. The summed E-state index contributed by atoms with van der Waals surface area (Å²) in [5.41, 5.74) is 2.20. The van der Waals surface area contributed by atoms with Crippen molar-refractivity contribution in [3.63, 3.8) is 0 Å². The second kappa shape index (κ2) is 3.67. The van der Waals surface area contributed by atoms with Crippen molar-refractivity contribution in [1.82, 2.24) is 9.38 Å². The molecular weight excluding hydrogens is 280 g/mol. The Labute approximate surface area is 106 Å². The quantitative estimate of drug-likeness (QED) is 0.644. The summed E-state index contributed by atoms with van der Waals surface area (Å²) in [5.74, 6) is 0. The van der Waals surface area contributed by atoms with Crippen LogP contribution in [0.5, 0.6) is 0 Å². The lowest BCUT2D eigenvalue weighted by atomic mass is 10.2. The molecule has 1 aromatic carbocycles. The van der Waals surface area contributed by atoms with Crippen LogP contribution in [0.2, 0.25) is 0 Å². The van der Waals surface area contributed by atoms with Crippen LogP contribution < -0.4 is 0 Å². The Balaban J connectivity index is 2.52. The highest BCUT2D eigenvalue weighted by molar-refractivity contribution is 9.10. The molecule has 4 heteroatoms. The Morgan fingerprint density at radius 2 is 2.18 bits per heavy atom. The molecule has 0 atom stereocenters. The van der Waals surface area contributed by atoms with Crippen molar-refractivity contribution in [3.05, 3.63) is 46.3 Å². The standard InChI is InChI=1S/C13H9BrN2O/c1-8-12(7-17)16-5-4-9-6-10(14)2-3-11(9)13(16)15-8/h2-7H,1H3. The van der Waals surface area contributed by atoms with E-state index < -0.39 is 0 Å². The van der Waals surface area contributed by atoms with E-state index in [0.29, 0.717) is 5.69 Å². The molecule has 3 rings (SSSR count). The average Bonchev–Trinajstić information content (AvgIpc) is 2.64. The van der Waals surface area contributed by atoms with Crippen molar-refractivity contribution in [2.45, 2.75) is 6.92 Å². The van der Waals surface area contributed by atoms with Gasteiger partial charge in [0.2, 0.25) is 0 Å². The second-order valence-corrected chi connectivity index (χ2v) is 4.86. The van der Waals surface area contributed by atoms with E-state index in [9.17, 15) is 4.79 Å². The number of fused-ring (bicyclic) bond motifs is 3. The molecule has 0 saturated carbocycles. The van der Waals surface area contributed by atoms with Crippen molar-refractivity contribution < 1.29 is 4.79 Å². The topological polar surface area (TPSA) is 34.4 Å². The Morgan fingerprint density at radius 1 is 1.35 bits per heavy atom. The molecule has 0 aliphatic carbocycles. The van der Waals surface area contributed by atoms with Gasteiger partial charge >= 0.3 is 0 Å². The zero-order valence-corrected chi connectivity index (χ0v) is 10.7. The highest BCUT2D eigenvalue weighted by Gasteiger charge is 2.10. The molecule has 0 aliphatic rings. The molecule has 0 saturated heterocycles. The first-order valence-electron chi connectivity index (χ1n) is 5.23. The average molecular weight is 289 g/mol. The van der Waals surface area contributed by atoms with Gasteiger partial charge in [0.25, 0.3) is 0 Å². The fourth-order valence-electron chi connectivity index (χ4n) is 2.07. The maximum absolute atomic E-state index is 11.0. The number of imidazole rings is 1. The van der Waals surface area contributed by atoms with Gasteiger partial charge in [-0.1, -0.05) is 15.9 Å². The lowest BCUT2D eigenvalue weighted by Gasteiger charge is -2.01. The van der Waals surface area contributed by atoms with Crippen molar-refractivity contribution >= 4 is 38.6 Å². The number of nitrogens with zero attached hydrogens (tertiary/aromatic N) is 2. The first-order valence-corrected chi connectivity index (χ1v) is 6.02. The third-order valence-electron chi connectivity index (χ3n) is 2.90. The monoisotopic (exact) mass is 288 g/mol. The van der Waals surface area contributed by atoms with Crippen molar-refractivity contribution in [2.75, 3.05) is 0 Å². The van der Waals surface area contributed by atoms with E-state index >= 15 is 0 Å². The number of carbonyl (C=O) groups is 1. The fourth-order valence-corrected chi connectivity index (χ4v) is 2.45. The van der Waals surface area contributed by atoms with Crippen LogP contribution in [0.1, 0.15) is 16.2 Å². The molecule has 3 aromatic rings. The summed E-state index contributed by atoms with van der Waals surface area (Å²) in [7, 11) is 0. The van der Waals surface area contributed by atoms with E-state index in [2.05, 4.69) is 20.9 Å². The molecule has 0 aliphatic heterocycles. The van der Waals surface area contributed by atoms with E-state index in [1.54, 1.807) is 0 Å². The second-order valence-electron chi connectivity index (χ2n) is 3.94. The van der Waals surface area contributed by atoms with Crippen LogP contribution in [0.15, 0.2) is 34.9 Å². The number of pyridine rings is 1. The smallest absolute Gasteiger partial charge is 0.168 e. The lowest BCUT2D eigenvalue weighted by molar-refractivity contribution is 0.111. The maximum atomic E-state index is 11.0. The van der Waals surface area contributed by atoms with E-state index in [0.717, 1.165) is 32.9 Å². The van der Waals surface area contributed by atoms with Gasteiger partial charge in [-0.3, -0.25) is 9.20 Å². The maximum Gasteiger partial charge on any atom is 0.168 e. The largest absolute Gasteiger partial charge is 0.297 e. The van der Waals surface area contributed by atoms with Crippen LogP contribution in [0.25, 0.3) is 16.4 Å². The van der Waals surface area contributed by atoms with Crippen molar-refractivity contribution in [1.29, 1.82) is 0 Å². The molecule has 84 valence electrons. The zero-order chi connectivity index (χ0) is 12.0. The molecule has 0 spiro atoms. The first kappa shape index (κ1) is 10.5. The third kappa shape index (κ3) is 1.48. The number of benzene rings is 1.